The number of hydrogen-bond donors (Lipinski definition) is 2. The number of carbonyl (C=O) groups excluding carboxylic acids is 2. The molecular weight excluding hydrogens is 172 g/mol. The molecule has 1 atom stereocenters. The van der Waals surface area contributed by atoms with Crippen molar-refractivity contribution in [3.05, 3.63) is 0 Å². The lowest BCUT2D eigenvalue weighted by Gasteiger charge is -2.22. The average Bonchev–Trinajstić information content (AvgIpc) is 2.04. The molecule has 1 heterocycles. The molecule has 74 valence electrons. The van der Waals surface area contributed by atoms with E-state index in [-0.39, 0.29) is 17.9 Å². The molecule has 1 aliphatic rings. The van der Waals surface area contributed by atoms with Crippen LogP contribution < -0.4 is 10.8 Å². The van der Waals surface area contributed by atoms with Crippen molar-refractivity contribution in [3.8, 4) is 0 Å². The number of carbonyl (C=O) groups is 2. The van der Waals surface area contributed by atoms with Crippen molar-refractivity contribution in [1.29, 1.82) is 0 Å². The Morgan fingerprint density at radius 3 is 3.15 bits per heavy atom. The Labute approximate surface area is 76.8 Å². The lowest BCUT2D eigenvalue weighted by Crippen LogP contribution is -2.41. The van der Waals surface area contributed by atoms with Crippen molar-refractivity contribution in [3.63, 3.8) is 0 Å². The summed E-state index contributed by atoms with van der Waals surface area (Å²) < 4.78 is 0. The van der Waals surface area contributed by atoms with E-state index in [9.17, 15) is 9.59 Å². The molecule has 0 bridgehead atoms. The molecule has 5 heteroatoms. The van der Waals surface area contributed by atoms with Gasteiger partial charge in [-0.2, -0.15) is 0 Å². The first-order valence-electron chi connectivity index (χ1n) is 4.33. The summed E-state index contributed by atoms with van der Waals surface area (Å²) in [5.41, 5.74) is 2.22. The van der Waals surface area contributed by atoms with Crippen molar-refractivity contribution in [2.45, 2.75) is 31.7 Å². The summed E-state index contributed by atoms with van der Waals surface area (Å²) in [6.07, 6.45) is 2.58. The first-order valence-corrected chi connectivity index (χ1v) is 4.33. The van der Waals surface area contributed by atoms with Gasteiger partial charge < -0.3 is 5.32 Å². The predicted octanol–water partition coefficient (Wildman–Crippen LogP) is -0.277. The number of nitrogens with one attached hydrogen (secondary N) is 2. The molecule has 2 N–H and O–H groups in total. The maximum Gasteiger partial charge on any atom is 0.245 e. The molecule has 0 saturated carbocycles. The standard InChI is InChI=1S/C8H14N2O3/c1-13-10-8(12)5-6-3-2-4-7(11)9-6/h6H,2-5H2,1H3,(H,9,11)(H,10,12). The zero-order valence-electron chi connectivity index (χ0n) is 7.63. The minimum atomic E-state index is -0.199. The van der Waals surface area contributed by atoms with E-state index in [1.165, 1.54) is 7.11 Å². The third-order valence-electron chi connectivity index (χ3n) is 1.97. The van der Waals surface area contributed by atoms with E-state index < -0.39 is 0 Å². The third-order valence-corrected chi connectivity index (χ3v) is 1.97. The maximum atomic E-state index is 11.0. The van der Waals surface area contributed by atoms with Crippen molar-refractivity contribution < 1.29 is 14.4 Å². The van der Waals surface area contributed by atoms with Gasteiger partial charge in [-0.3, -0.25) is 14.4 Å². The summed E-state index contributed by atoms with van der Waals surface area (Å²) in [5, 5.41) is 2.75. The fourth-order valence-corrected chi connectivity index (χ4v) is 1.41. The lowest BCUT2D eigenvalue weighted by atomic mass is 10.0. The van der Waals surface area contributed by atoms with Gasteiger partial charge in [-0.25, -0.2) is 5.48 Å². The highest BCUT2D eigenvalue weighted by Gasteiger charge is 2.20. The van der Waals surface area contributed by atoms with E-state index in [0.717, 1.165) is 12.8 Å². The van der Waals surface area contributed by atoms with Gasteiger partial charge in [0.2, 0.25) is 11.8 Å². The highest BCUT2D eigenvalue weighted by Crippen LogP contribution is 2.10. The Morgan fingerprint density at radius 1 is 1.77 bits per heavy atom. The summed E-state index contributed by atoms with van der Waals surface area (Å²) in [7, 11) is 1.39. The number of hydroxylamine groups is 1. The highest BCUT2D eigenvalue weighted by molar-refractivity contribution is 5.79. The molecule has 5 nitrogen and oxygen atoms in total. The van der Waals surface area contributed by atoms with Crippen LogP contribution in [0, 0.1) is 0 Å². The summed E-state index contributed by atoms with van der Waals surface area (Å²) in [5.74, 6) is -0.170. The minimum Gasteiger partial charge on any atom is -0.353 e. The van der Waals surface area contributed by atoms with Crippen molar-refractivity contribution in [2.75, 3.05) is 7.11 Å². The van der Waals surface area contributed by atoms with Gasteiger partial charge in [0, 0.05) is 18.9 Å². The summed E-state index contributed by atoms with van der Waals surface area (Å²) in [4.78, 5) is 26.4. The van der Waals surface area contributed by atoms with Crippen LogP contribution in [0.15, 0.2) is 0 Å². The molecule has 1 fully saturated rings. The van der Waals surface area contributed by atoms with Crippen LogP contribution in [0.3, 0.4) is 0 Å². The Bertz CT molecular complexity index is 206. The van der Waals surface area contributed by atoms with Gasteiger partial charge in [-0.1, -0.05) is 0 Å². The predicted molar refractivity (Wildman–Crippen MR) is 45.6 cm³/mol. The Hall–Kier alpha value is -1.10. The van der Waals surface area contributed by atoms with E-state index in [4.69, 9.17) is 0 Å². The quantitative estimate of drug-likeness (QED) is 0.596. The van der Waals surface area contributed by atoms with Gasteiger partial charge in [0.1, 0.15) is 0 Å². The van der Waals surface area contributed by atoms with Gasteiger partial charge in [-0.05, 0) is 12.8 Å². The Morgan fingerprint density at radius 2 is 2.54 bits per heavy atom. The Kier molecular flexibility index (Phi) is 3.70. The molecule has 0 aromatic heterocycles. The molecule has 1 aliphatic heterocycles. The number of piperidine rings is 1. The molecule has 0 aromatic carbocycles. The molecule has 0 radical (unpaired) electrons. The van der Waals surface area contributed by atoms with E-state index in [2.05, 4.69) is 15.6 Å². The topological polar surface area (TPSA) is 67.4 Å². The van der Waals surface area contributed by atoms with E-state index in [0.29, 0.717) is 12.8 Å². The fourth-order valence-electron chi connectivity index (χ4n) is 1.41. The van der Waals surface area contributed by atoms with Gasteiger partial charge in [0.25, 0.3) is 0 Å². The average molecular weight is 186 g/mol. The zero-order valence-corrected chi connectivity index (χ0v) is 7.63. The molecular formula is C8H14N2O3. The SMILES string of the molecule is CONC(=O)CC1CCCC(=O)N1. The number of amides is 2. The van der Waals surface area contributed by atoms with Crippen LogP contribution in [0.25, 0.3) is 0 Å². The first kappa shape index (κ1) is 9.98. The number of hydrogen-bond acceptors (Lipinski definition) is 3. The lowest BCUT2D eigenvalue weighted by molar-refractivity contribution is -0.132. The molecule has 1 saturated heterocycles. The molecule has 0 spiro atoms. The van der Waals surface area contributed by atoms with Crippen molar-refractivity contribution in [2.24, 2.45) is 0 Å². The van der Waals surface area contributed by atoms with Crippen LogP contribution in [0.4, 0.5) is 0 Å². The van der Waals surface area contributed by atoms with Crippen LogP contribution in [0.1, 0.15) is 25.7 Å². The van der Waals surface area contributed by atoms with Crippen LogP contribution in [0.2, 0.25) is 0 Å². The smallest absolute Gasteiger partial charge is 0.245 e. The summed E-state index contributed by atoms with van der Waals surface area (Å²) in [6.45, 7) is 0. The molecule has 1 unspecified atom stereocenters. The molecule has 2 amide bonds. The monoisotopic (exact) mass is 186 g/mol. The van der Waals surface area contributed by atoms with Crippen LogP contribution in [-0.2, 0) is 14.4 Å². The van der Waals surface area contributed by atoms with Gasteiger partial charge in [0.05, 0.1) is 7.11 Å². The van der Waals surface area contributed by atoms with E-state index in [1.807, 2.05) is 0 Å². The highest BCUT2D eigenvalue weighted by atomic mass is 16.6. The van der Waals surface area contributed by atoms with E-state index >= 15 is 0 Å². The second-order valence-corrected chi connectivity index (χ2v) is 3.09. The fraction of sp³-hybridized carbons (Fsp3) is 0.750. The normalized spacial score (nSPS) is 22.2. The molecule has 1 rings (SSSR count). The number of rotatable bonds is 3. The zero-order chi connectivity index (χ0) is 9.68. The van der Waals surface area contributed by atoms with Gasteiger partial charge in [0.15, 0.2) is 0 Å². The van der Waals surface area contributed by atoms with Crippen LogP contribution in [-0.4, -0.2) is 25.0 Å². The van der Waals surface area contributed by atoms with Crippen LogP contribution in [0.5, 0.6) is 0 Å². The molecule has 0 aromatic rings. The van der Waals surface area contributed by atoms with Gasteiger partial charge >= 0.3 is 0 Å². The first-order chi connectivity index (χ1) is 6.22. The van der Waals surface area contributed by atoms with Gasteiger partial charge in [-0.15, -0.1) is 0 Å². The van der Waals surface area contributed by atoms with Crippen molar-refractivity contribution in [1.82, 2.24) is 10.8 Å². The largest absolute Gasteiger partial charge is 0.353 e. The maximum absolute atomic E-state index is 11.0. The second kappa shape index (κ2) is 4.81. The van der Waals surface area contributed by atoms with Crippen molar-refractivity contribution >= 4 is 11.8 Å². The Balaban J connectivity index is 2.27. The summed E-state index contributed by atoms with van der Waals surface area (Å²) >= 11 is 0. The van der Waals surface area contributed by atoms with E-state index in [1.54, 1.807) is 0 Å². The van der Waals surface area contributed by atoms with Crippen LogP contribution >= 0.6 is 0 Å². The minimum absolute atomic E-state index is 0.0291. The second-order valence-electron chi connectivity index (χ2n) is 3.09. The molecule has 0 aliphatic carbocycles. The molecule has 13 heavy (non-hydrogen) atoms. The third kappa shape index (κ3) is 3.42. The summed E-state index contributed by atoms with van der Waals surface area (Å²) in [6, 6.07) is -0.0311.